The molecule has 1 aromatic carbocycles. The summed E-state index contributed by atoms with van der Waals surface area (Å²) in [4.78, 5) is 15.6. The van der Waals surface area contributed by atoms with E-state index in [-0.39, 0.29) is 20.0 Å². The zero-order chi connectivity index (χ0) is 22.9. The van der Waals surface area contributed by atoms with Gasteiger partial charge in [-0.2, -0.15) is 17.8 Å². The highest BCUT2D eigenvalue weighted by atomic mass is 32.2. The third-order valence-corrected chi connectivity index (χ3v) is 6.72. The first kappa shape index (κ1) is 25.2. The lowest BCUT2D eigenvalue weighted by Gasteiger charge is -2.34. The van der Waals surface area contributed by atoms with Crippen molar-refractivity contribution in [2.24, 2.45) is 0 Å². The van der Waals surface area contributed by atoms with Crippen LogP contribution in [0.15, 0.2) is 42.7 Å². The van der Waals surface area contributed by atoms with E-state index in [1.54, 1.807) is 12.4 Å². The Bertz CT molecular complexity index is 1210. The molecule has 1 aliphatic rings. The highest BCUT2D eigenvalue weighted by Crippen LogP contribution is 2.29. The molecule has 4 rings (SSSR count). The number of anilines is 1. The molecular formula is C22H29N5O4S2. The fraction of sp³-hybridized carbons (Fsp3) is 0.409. The molecule has 1 aliphatic heterocycles. The van der Waals surface area contributed by atoms with Crippen LogP contribution in [0.2, 0.25) is 0 Å². The molecule has 2 unspecified atom stereocenters. The molecule has 3 heterocycles. The molecule has 3 aromatic rings. The van der Waals surface area contributed by atoms with Gasteiger partial charge in [-0.25, -0.2) is 18.4 Å². The molecule has 11 heteroatoms. The molecule has 33 heavy (non-hydrogen) atoms. The van der Waals surface area contributed by atoms with E-state index in [0.717, 1.165) is 11.3 Å². The van der Waals surface area contributed by atoms with Crippen LogP contribution in [0.3, 0.4) is 0 Å². The van der Waals surface area contributed by atoms with Gasteiger partial charge < -0.3 is 14.4 Å². The molecule has 1 saturated heterocycles. The summed E-state index contributed by atoms with van der Waals surface area (Å²) in [5, 5.41) is 0. The summed E-state index contributed by atoms with van der Waals surface area (Å²) in [5.74, 6) is 0.342. The number of nitrogens with zero attached hydrogens (tertiary/aromatic N) is 5. The van der Waals surface area contributed by atoms with E-state index in [1.165, 1.54) is 10.6 Å². The molecular weight excluding hydrogens is 462 g/mol. The van der Waals surface area contributed by atoms with E-state index in [4.69, 9.17) is 14.5 Å². The number of hydrogen-bond donors (Lipinski definition) is 0. The normalized spacial score (nSPS) is 17.9. The van der Waals surface area contributed by atoms with Gasteiger partial charge in [-0.15, -0.1) is 0 Å². The highest BCUT2D eigenvalue weighted by Gasteiger charge is 2.31. The van der Waals surface area contributed by atoms with Crippen LogP contribution in [-0.4, -0.2) is 79.9 Å². The predicted octanol–water partition coefficient (Wildman–Crippen LogP) is 2.30. The highest BCUT2D eigenvalue weighted by molar-refractivity contribution is 7.88. The van der Waals surface area contributed by atoms with Gasteiger partial charge in [-0.1, -0.05) is 12.1 Å². The summed E-state index contributed by atoms with van der Waals surface area (Å²) in [6, 6.07) is 9.93. The van der Waals surface area contributed by atoms with Crippen molar-refractivity contribution in [2.45, 2.75) is 19.1 Å². The number of benzene rings is 1. The molecule has 9 nitrogen and oxygen atoms in total. The van der Waals surface area contributed by atoms with Gasteiger partial charge in [0.15, 0.2) is 5.52 Å². The topological polar surface area (TPSA) is 97.8 Å². The second-order valence-corrected chi connectivity index (χ2v) is 10.0. The number of ether oxygens (including phenoxy) is 2. The van der Waals surface area contributed by atoms with Crippen LogP contribution < -0.4 is 9.64 Å². The lowest BCUT2D eigenvalue weighted by atomic mass is 10.1. The predicted molar refractivity (Wildman–Crippen MR) is 134 cm³/mol. The van der Waals surface area contributed by atoms with E-state index in [2.05, 4.69) is 9.97 Å². The number of aromatic nitrogens is 3. The van der Waals surface area contributed by atoms with Gasteiger partial charge in [0.05, 0.1) is 24.1 Å². The Labute approximate surface area is 201 Å². The number of fused-ring (bicyclic) bond motifs is 1. The third-order valence-electron chi connectivity index (χ3n) is 5.45. The zero-order valence-electron chi connectivity index (χ0n) is 19.1. The van der Waals surface area contributed by atoms with Crippen molar-refractivity contribution in [3.63, 3.8) is 0 Å². The minimum Gasteiger partial charge on any atom is -0.470 e. The van der Waals surface area contributed by atoms with Crippen LogP contribution in [-0.2, 0) is 14.8 Å². The van der Waals surface area contributed by atoms with Crippen molar-refractivity contribution in [3.8, 4) is 17.1 Å². The average molecular weight is 492 g/mol. The van der Waals surface area contributed by atoms with Gasteiger partial charge >= 0.3 is 0 Å². The average Bonchev–Trinajstić information content (AvgIpc) is 2.78. The zero-order valence-corrected chi connectivity index (χ0v) is 20.9. The molecule has 0 aliphatic carbocycles. The molecule has 2 atom stereocenters. The first-order chi connectivity index (χ1) is 15.2. The molecule has 0 radical (unpaired) electrons. The van der Waals surface area contributed by atoms with Crippen LogP contribution in [0.4, 0.5) is 5.69 Å². The van der Waals surface area contributed by atoms with Gasteiger partial charge in [0.2, 0.25) is 15.9 Å². The lowest BCUT2D eigenvalue weighted by molar-refractivity contribution is -0.0566. The largest absolute Gasteiger partial charge is 0.470 e. The Hall–Kier alpha value is -2.47. The number of morpholine rings is 1. The number of sulfonamides is 1. The van der Waals surface area contributed by atoms with E-state index in [9.17, 15) is 8.42 Å². The van der Waals surface area contributed by atoms with Crippen LogP contribution in [0, 0.1) is 0 Å². The van der Waals surface area contributed by atoms with Crippen molar-refractivity contribution in [3.05, 3.63) is 42.7 Å². The van der Waals surface area contributed by atoms with Crippen LogP contribution in [0.5, 0.6) is 5.88 Å². The minimum absolute atomic E-state index is 0. The summed E-state index contributed by atoms with van der Waals surface area (Å²) in [5.41, 5.74) is 3.94. The Morgan fingerprint density at radius 1 is 1.18 bits per heavy atom. The molecule has 178 valence electrons. The molecule has 0 N–H and O–H groups in total. The van der Waals surface area contributed by atoms with Crippen molar-refractivity contribution in [1.82, 2.24) is 19.3 Å². The molecule has 1 fully saturated rings. The maximum absolute atomic E-state index is 12.0. The van der Waals surface area contributed by atoms with Crippen molar-refractivity contribution >= 4 is 40.2 Å². The molecule has 2 aromatic heterocycles. The second kappa shape index (κ2) is 10.2. The van der Waals surface area contributed by atoms with Gasteiger partial charge in [0.1, 0.15) is 12.2 Å². The summed E-state index contributed by atoms with van der Waals surface area (Å²) in [7, 11) is 0.685. The Kier molecular flexibility index (Phi) is 7.78. The van der Waals surface area contributed by atoms with Gasteiger partial charge in [0.25, 0.3) is 0 Å². The van der Waals surface area contributed by atoms with Gasteiger partial charge in [-0.3, -0.25) is 4.98 Å². The Morgan fingerprint density at radius 3 is 2.55 bits per heavy atom. The van der Waals surface area contributed by atoms with Crippen molar-refractivity contribution < 1.29 is 17.9 Å². The van der Waals surface area contributed by atoms with Crippen molar-refractivity contribution in [2.75, 3.05) is 44.9 Å². The van der Waals surface area contributed by atoms with Gasteiger partial charge in [0, 0.05) is 50.8 Å². The first-order valence-corrected chi connectivity index (χ1v) is 12.2. The maximum Gasteiger partial charge on any atom is 0.243 e. The number of hydrogen-bond acceptors (Lipinski definition) is 8. The van der Waals surface area contributed by atoms with Gasteiger partial charge in [-0.05, 0) is 25.1 Å². The van der Waals surface area contributed by atoms with E-state index < -0.39 is 22.2 Å². The van der Waals surface area contributed by atoms with E-state index in [0.29, 0.717) is 35.8 Å². The maximum atomic E-state index is 12.0. The summed E-state index contributed by atoms with van der Waals surface area (Å²) >= 11 is 0. The van der Waals surface area contributed by atoms with E-state index >= 15 is 0 Å². The minimum atomic E-state index is -3.30. The lowest BCUT2D eigenvalue weighted by Crippen LogP contribution is -2.50. The Morgan fingerprint density at radius 2 is 1.88 bits per heavy atom. The molecule has 0 amide bonds. The smallest absolute Gasteiger partial charge is 0.243 e. The first-order valence-electron chi connectivity index (χ1n) is 10.4. The SMILES string of the molecule is CC(Oc1nc(-c2ccc(N(C)C)cc2)cc2nccnc12)C1CN(S(C)(=O)=O)CCO1.S. The quantitative estimate of drug-likeness (QED) is 0.518. The molecule has 0 bridgehead atoms. The van der Waals surface area contributed by atoms with Crippen LogP contribution in [0.25, 0.3) is 22.3 Å². The van der Waals surface area contributed by atoms with Crippen molar-refractivity contribution in [1.29, 1.82) is 0 Å². The third kappa shape index (κ3) is 5.72. The van der Waals surface area contributed by atoms with E-state index in [1.807, 2.05) is 56.3 Å². The number of rotatable bonds is 6. The Balaban J connectivity index is 0.00000306. The molecule has 0 spiro atoms. The van der Waals surface area contributed by atoms with Crippen LogP contribution >= 0.6 is 13.5 Å². The second-order valence-electron chi connectivity index (χ2n) is 8.03. The number of pyridine rings is 1. The summed E-state index contributed by atoms with van der Waals surface area (Å²) in [6.45, 7) is 2.74. The summed E-state index contributed by atoms with van der Waals surface area (Å²) < 4.78 is 37.3. The fourth-order valence-electron chi connectivity index (χ4n) is 3.59. The molecule has 0 saturated carbocycles. The standard InChI is InChI=1S/C22H27N5O4S.H2S/c1-15(20-14-27(11-12-30-20)32(4,28)29)31-22-21-19(23-9-10-24-21)13-18(25-22)16-5-7-17(8-6-16)26(2)3;/h5-10,13,15,20H,11-12,14H2,1-4H3;1H2. The fourth-order valence-corrected chi connectivity index (χ4v) is 4.42. The summed E-state index contributed by atoms with van der Waals surface area (Å²) in [6.07, 6.45) is 3.56. The monoisotopic (exact) mass is 491 g/mol. The van der Waals surface area contributed by atoms with Crippen LogP contribution in [0.1, 0.15) is 6.92 Å².